The first-order valence-electron chi connectivity index (χ1n) is 12.9. The summed E-state index contributed by atoms with van der Waals surface area (Å²) in [4.78, 5) is 23.6. The molecule has 0 radical (unpaired) electrons. The minimum absolute atomic E-state index is 0.170. The molecule has 0 saturated carbocycles. The summed E-state index contributed by atoms with van der Waals surface area (Å²) in [5.74, 6) is -0.962. The fraction of sp³-hybridized carbons (Fsp3) is 0.355. The first-order valence-corrected chi connectivity index (χ1v) is 12.9. The molecule has 2 atom stereocenters. The van der Waals surface area contributed by atoms with Gasteiger partial charge in [-0.3, -0.25) is 9.59 Å². The van der Waals surface area contributed by atoms with Crippen molar-refractivity contribution < 1.29 is 23.8 Å². The summed E-state index contributed by atoms with van der Waals surface area (Å²) in [5, 5.41) is 10.7. The fourth-order valence-electron chi connectivity index (χ4n) is 5.31. The number of benzene rings is 2. The predicted molar refractivity (Wildman–Crippen MR) is 143 cm³/mol. The number of ether oxygens (including phenoxy) is 1. The number of halogens is 1. The van der Waals surface area contributed by atoms with Gasteiger partial charge in [0.25, 0.3) is 0 Å². The number of hydrogen-bond donors (Lipinski definition) is 1. The van der Waals surface area contributed by atoms with Crippen LogP contribution in [0.5, 0.6) is 0 Å². The Morgan fingerprint density at radius 2 is 1.84 bits per heavy atom. The largest absolute Gasteiger partial charge is 0.469 e. The van der Waals surface area contributed by atoms with Crippen molar-refractivity contribution in [3.8, 4) is 22.4 Å². The minimum Gasteiger partial charge on any atom is -0.469 e. The quantitative estimate of drug-likeness (QED) is 0.266. The first-order chi connectivity index (χ1) is 17.9. The molecule has 0 bridgehead atoms. The van der Waals surface area contributed by atoms with E-state index in [2.05, 4.69) is 28.4 Å². The van der Waals surface area contributed by atoms with E-state index in [9.17, 15) is 19.1 Å². The van der Waals surface area contributed by atoms with Gasteiger partial charge in [-0.25, -0.2) is 4.39 Å². The van der Waals surface area contributed by atoms with Crippen LogP contribution in [0.1, 0.15) is 62.6 Å². The molecule has 2 unspecified atom stereocenters. The van der Waals surface area contributed by atoms with Gasteiger partial charge >= 0.3 is 5.97 Å². The zero-order valence-corrected chi connectivity index (χ0v) is 21.5. The van der Waals surface area contributed by atoms with Gasteiger partial charge in [-0.15, -0.1) is 0 Å². The molecule has 1 N–H and O–H groups in total. The number of carbonyl (C=O) groups excluding carboxylic acids is 2. The molecule has 3 aromatic rings. The maximum Gasteiger partial charge on any atom is 0.313 e. The highest BCUT2D eigenvalue weighted by atomic mass is 19.1. The van der Waals surface area contributed by atoms with Gasteiger partial charge in [-0.1, -0.05) is 68.0 Å². The third-order valence-electron chi connectivity index (χ3n) is 7.08. The Hall–Kier alpha value is -3.51. The van der Waals surface area contributed by atoms with Gasteiger partial charge in [-0.05, 0) is 48.4 Å². The molecule has 0 saturated heterocycles. The van der Waals surface area contributed by atoms with Gasteiger partial charge in [0.1, 0.15) is 18.0 Å². The molecule has 2 aromatic carbocycles. The molecule has 6 heteroatoms. The maximum atomic E-state index is 13.9. The molecule has 0 fully saturated rings. The molecule has 1 aliphatic rings. The smallest absolute Gasteiger partial charge is 0.313 e. The molecule has 0 aliphatic carbocycles. The summed E-state index contributed by atoms with van der Waals surface area (Å²) in [7, 11) is 1.23. The van der Waals surface area contributed by atoms with E-state index >= 15 is 0 Å². The number of rotatable bonds is 9. The lowest BCUT2D eigenvalue weighted by molar-refractivity contribution is -0.143. The number of ketones is 1. The molecule has 1 aromatic heterocycles. The molecule has 1 aliphatic heterocycles. The Morgan fingerprint density at radius 3 is 2.51 bits per heavy atom. The van der Waals surface area contributed by atoms with E-state index in [1.165, 1.54) is 24.9 Å². The normalized spacial score (nSPS) is 16.3. The maximum absolute atomic E-state index is 13.9. The van der Waals surface area contributed by atoms with E-state index in [1.54, 1.807) is 18.2 Å². The Labute approximate surface area is 217 Å². The fourth-order valence-corrected chi connectivity index (χ4v) is 5.31. The highest BCUT2D eigenvalue weighted by Crippen LogP contribution is 2.45. The number of esters is 1. The van der Waals surface area contributed by atoms with E-state index in [1.807, 2.05) is 24.3 Å². The lowest BCUT2D eigenvalue weighted by Crippen LogP contribution is -2.15. The van der Waals surface area contributed by atoms with Crippen molar-refractivity contribution in [1.82, 2.24) is 4.57 Å². The van der Waals surface area contributed by atoms with Crippen LogP contribution in [-0.2, 0) is 20.9 Å². The zero-order valence-electron chi connectivity index (χ0n) is 21.5. The van der Waals surface area contributed by atoms with Crippen LogP contribution in [0.4, 0.5) is 4.39 Å². The Bertz CT molecular complexity index is 1260. The number of nitrogens with zero attached hydrogens (tertiary/aromatic N) is 1. The van der Waals surface area contributed by atoms with Crippen LogP contribution in [0.3, 0.4) is 0 Å². The van der Waals surface area contributed by atoms with Crippen molar-refractivity contribution in [2.45, 2.75) is 64.0 Å². The van der Waals surface area contributed by atoms with Crippen molar-refractivity contribution in [2.24, 2.45) is 0 Å². The summed E-state index contributed by atoms with van der Waals surface area (Å²) < 4.78 is 20.9. The summed E-state index contributed by atoms with van der Waals surface area (Å²) in [5.41, 5.74) is 6.24. The predicted octanol–water partition coefficient (Wildman–Crippen LogP) is 6.54. The minimum atomic E-state index is -1.04. The molecule has 5 nitrogen and oxygen atoms in total. The van der Waals surface area contributed by atoms with Gasteiger partial charge in [-0.2, -0.15) is 0 Å². The number of aliphatic hydroxyl groups excluding tert-OH is 1. The van der Waals surface area contributed by atoms with Crippen molar-refractivity contribution in [3.05, 3.63) is 77.7 Å². The molecule has 37 heavy (non-hydrogen) atoms. The molecule has 0 spiro atoms. The van der Waals surface area contributed by atoms with Gasteiger partial charge < -0.3 is 14.4 Å². The Morgan fingerprint density at radius 1 is 1.11 bits per heavy atom. The van der Waals surface area contributed by atoms with Crippen molar-refractivity contribution in [3.63, 3.8) is 0 Å². The second-order valence-corrected chi connectivity index (χ2v) is 9.57. The van der Waals surface area contributed by atoms with Crippen molar-refractivity contribution >= 4 is 17.8 Å². The molecule has 194 valence electrons. The van der Waals surface area contributed by atoms with Crippen LogP contribution in [0.15, 0.2) is 60.7 Å². The molecule has 4 rings (SSSR count). The summed E-state index contributed by atoms with van der Waals surface area (Å²) in [6.45, 7) is 3.07. The van der Waals surface area contributed by atoms with Crippen molar-refractivity contribution in [1.29, 1.82) is 0 Å². The standard InChI is InChI=1S/C31H34FNO4/c1-3-21-9-7-8-18-33-30(21)27(17-16-25(34)19-26(35)20-28(36)37-2)29(22-12-14-24(32)15-13-22)31(33)23-10-5-4-6-11-23/h4-6,10-17,21,25,34H,3,7-9,18-20H2,1-2H3/b17-16+. The van der Waals surface area contributed by atoms with Gasteiger partial charge in [0, 0.05) is 29.8 Å². The molecule has 2 heterocycles. The van der Waals surface area contributed by atoms with Crippen molar-refractivity contribution in [2.75, 3.05) is 7.11 Å². The summed E-state index contributed by atoms with van der Waals surface area (Å²) >= 11 is 0. The van der Waals surface area contributed by atoms with Gasteiger partial charge in [0.15, 0.2) is 0 Å². The number of hydrogen-bond acceptors (Lipinski definition) is 4. The van der Waals surface area contributed by atoms with Gasteiger partial charge in [0.2, 0.25) is 0 Å². The highest BCUT2D eigenvalue weighted by molar-refractivity contribution is 5.96. The van der Waals surface area contributed by atoms with E-state index in [-0.39, 0.29) is 24.4 Å². The zero-order chi connectivity index (χ0) is 26.4. The SMILES string of the molecule is CCC1CCCCn2c(-c3ccccc3)c(-c3ccc(F)cc3)c(/C=C/C(O)CC(=O)CC(=O)OC)c21. The van der Waals surface area contributed by atoms with E-state index in [0.29, 0.717) is 5.92 Å². The second kappa shape index (κ2) is 12.2. The number of fused-ring (bicyclic) bond motifs is 1. The van der Waals surface area contributed by atoms with Crippen LogP contribution < -0.4 is 0 Å². The van der Waals surface area contributed by atoms with E-state index in [0.717, 1.165) is 60.2 Å². The number of carbonyl (C=O) groups is 2. The molecule has 0 amide bonds. The topological polar surface area (TPSA) is 68.5 Å². The van der Waals surface area contributed by atoms with Crippen LogP contribution in [0, 0.1) is 5.82 Å². The lowest BCUT2D eigenvalue weighted by atomic mass is 9.90. The van der Waals surface area contributed by atoms with Gasteiger partial charge in [0.05, 0.1) is 18.9 Å². The summed E-state index contributed by atoms with van der Waals surface area (Å²) in [6, 6.07) is 16.7. The first kappa shape index (κ1) is 26.6. The Kier molecular flexibility index (Phi) is 8.72. The van der Waals surface area contributed by atoms with Crippen LogP contribution >= 0.6 is 0 Å². The lowest BCUT2D eigenvalue weighted by Gasteiger charge is -2.17. The van der Waals surface area contributed by atoms with E-state index in [4.69, 9.17) is 0 Å². The average Bonchev–Trinajstić information content (AvgIpc) is 3.06. The third kappa shape index (κ3) is 6.08. The summed E-state index contributed by atoms with van der Waals surface area (Å²) in [6.07, 6.45) is 6.20. The number of aliphatic hydroxyl groups is 1. The Balaban J connectivity index is 1.87. The molecular formula is C31H34FNO4. The van der Waals surface area contributed by atoms with E-state index < -0.39 is 12.1 Å². The highest BCUT2D eigenvalue weighted by Gasteiger charge is 2.29. The second-order valence-electron chi connectivity index (χ2n) is 9.57. The monoisotopic (exact) mass is 503 g/mol. The molecular weight excluding hydrogens is 469 g/mol. The number of Topliss-reactive ketones (excluding diaryl/α,β-unsaturated/α-hetero) is 1. The average molecular weight is 504 g/mol. The number of methoxy groups -OCH3 is 1. The van der Waals surface area contributed by atoms with Crippen LogP contribution in [0.2, 0.25) is 0 Å². The van der Waals surface area contributed by atoms with Crippen LogP contribution in [-0.4, -0.2) is 34.6 Å². The third-order valence-corrected chi connectivity index (χ3v) is 7.08. The van der Waals surface area contributed by atoms with Crippen LogP contribution in [0.25, 0.3) is 28.5 Å². The number of aromatic nitrogens is 1.